The predicted molar refractivity (Wildman–Crippen MR) is 84.0 cm³/mol. The van der Waals surface area contributed by atoms with Gasteiger partial charge in [-0.15, -0.1) is 11.3 Å². The normalized spacial score (nSPS) is 13.5. The summed E-state index contributed by atoms with van der Waals surface area (Å²) in [6.45, 7) is 6.00. The van der Waals surface area contributed by atoms with E-state index in [0.717, 1.165) is 9.75 Å². The largest absolute Gasteiger partial charge is 0.464 e. The van der Waals surface area contributed by atoms with E-state index in [1.165, 1.54) is 0 Å². The first kappa shape index (κ1) is 16.2. The minimum atomic E-state index is -3.59. The van der Waals surface area contributed by atoms with Gasteiger partial charge in [-0.1, -0.05) is 0 Å². The molecule has 0 amide bonds. The van der Waals surface area contributed by atoms with Crippen LogP contribution in [0.4, 0.5) is 0 Å². The molecular weight excluding hydrogens is 308 g/mol. The smallest absolute Gasteiger partial charge is 0.244 e. The summed E-state index contributed by atoms with van der Waals surface area (Å²) in [5.41, 5.74) is 0. The third kappa shape index (κ3) is 3.74. The van der Waals surface area contributed by atoms with Gasteiger partial charge < -0.3 is 9.73 Å². The standard InChI is InChI=1S/C14H20N2O3S2/c1-9-5-6-13(20-9)10(2)16-21(17,18)14-7-12(8-15-4)19-11(14)3/h5-7,10,15-16H,8H2,1-4H3. The summed E-state index contributed by atoms with van der Waals surface area (Å²) in [7, 11) is -1.81. The van der Waals surface area contributed by atoms with E-state index in [2.05, 4.69) is 10.0 Å². The molecule has 0 aliphatic rings. The molecule has 0 radical (unpaired) electrons. The summed E-state index contributed by atoms with van der Waals surface area (Å²) in [6.07, 6.45) is 0. The molecule has 2 heterocycles. The summed E-state index contributed by atoms with van der Waals surface area (Å²) in [5, 5.41) is 2.94. The van der Waals surface area contributed by atoms with Gasteiger partial charge in [-0.2, -0.15) is 0 Å². The highest BCUT2D eigenvalue weighted by Gasteiger charge is 2.24. The molecule has 0 aliphatic heterocycles. The Hall–Kier alpha value is -1.15. The van der Waals surface area contributed by atoms with Gasteiger partial charge in [0, 0.05) is 15.8 Å². The van der Waals surface area contributed by atoms with Crippen LogP contribution < -0.4 is 10.0 Å². The topological polar surface area (TPSA) is 71.3 Å². The number of aryl methyl sites for hydroxylation is 2. The lowest BCUT2D eigenvalue weighted by Crippen LogP contribution is -2.26. The van der Waals surface area contributed by atoms with E-state index in [-0.39, 0.29) is 10.9 Å². The van der Waals surface area contributed by atoms with Gasteiger partial charge in [0.05, 0.1) is 12.6 Å². The molecule has 0 aromatic carbocycles. The highest BCUT2D eigenvalue weighted by molar-refractivity contribution is 7.89. The molecule has 1 unspecified atom stereocenters. The Morgan fingerprint density at radius 1 is 1.33 bits per heavy atom. The van der Waals surface area contributed by atoms with Gasteiger partial charge in [0.25, 0.3) is 0 Å². The van der Waals surface area contributed by atoms with Gasteiger partial charge in [0.2, 0.25) is 10.0 Å². The second kappa shape index (κ2) is 6.31. The Kier molecular flexibility index (Phi) is 4.88. The van der Waals surface area contributed by atoms with Crippen molar-refractivity contribution in [3.8, 4) is 0 Å². The quantitative estimate of drug-likeness (QED) is 0.855. The van der Waals surface area contributed by atoms with Crippen molar-refractivity contribution in [2.45, 2.75) is 38.3 Å². The molecular formula is C14H20N2O3S2. The average molecular weight is 328 g/mol. The molecule has 2 N–H and O–H groups in total. The molecule has 0 saturated heterocycles. The van der Waals surface area contributed by atoms with Crippen molar-refractivity contribution >= 4 is 21.4 Å². The number of sulfonamides is 1. The zero-order chi connectivity index (χ0) is 15.6. The molecule has 21 heavy (non-hydrogen) atoms. The molecule has 0 spiro atoms. The van der Waals surface area contributed by atoms with Gasteiger partial charge in [-0.25, -0.2) is 13.1 Å². The predicted octanol–water partition coefficient (Wildman–Crippen LogP) is 2.72. The minimum absolute atomic E-state index is 0.202. The average Bonchev–Trinajstić information content (AvgIpc) is 2.96. The van der Waals surface area contributed by atoms with E-state index in [1.807, 2.05) is 26.0 Å². The Labute approximate surface area is 129 Å². The Balaban J connectivity index is 2.22. The number of rotatable bonds is 6. The fourth-order valence-corrected chi connectivity index (χ4v) is 4.47. The molecule has 2 rings (SSSR count). The third-order valence-electron chi connectivity index (χ3n) is 3.08. The maximum Gasteiger partial charge on any atom is 0.244 e. The monoisotopic (exact) mass is 328 g/mol. The van der Waals surface area contributed by atoms with Crippen LogP contribution in [-0.4, -0.2) is 15.5 Å². The minimum Gasteiger partial charge on any atom is -0.464 e. The maximum atomic E-state index is 12.5. The molecule has 0 bridgehead atoms. The molecule has 0 aliphatic carbocycles. The summed E-state index contributed by atoms with van der Waals surface area (Å²) < 4.78 is 33.1. The summed E-state index contributed by atoms with van der Waals surface area (Å²) in [5.74, 6) is 1.01. The molecule has 7 heteroatoms. The molecule has 0 saturated carbocycles. The molecule has 5 nitrogen and oxygen atoms in total. The molecule has 116 valence electrons. The van der Waals surface area contributed by atoms with E-state index in [0.29, 0.717) is 18.1 Å². The zero-order valence-electron chi connectivity index (χ0n) is 12.6. The molecule has 1 atom stereocenters. The van der Waals surface area contributed by atoms with E-state index in [1.54, 1.807) is 31.4 Å². The number of hydrogen-bond acceptors (Lipinski definition) is 5. The molecule has 2 aromatic heterocycles. The Morgan fingerprint density at radius 2 is 2.05 bits per heavy atom. The van der Waals surface area contributed by atoms with Gasteiger partial charge >= 0.3 is 0 Å². The molecule has 0 fully saturated rings. The van der Waals surface area contributed by atoms with Crippen LogP contribution in [0.15, 0.2) is 27.5 Å². The van der Waals surface area contributed by atoms with Crippen molar-refractivity contribution in [2.24, 2.45) is 0 Å². The van der Waals surface area contributed by atoms with Gasteiger partial charge in [0.1, 0.15) is 16.4 Å². The number of furan rings is 1. The number of hydrogen-bond donors (Lipinski definition) is 2. The van der Waals surface area contributed by atoms with Crippen molar-refractivity contribution in [3.05, 3.63) is 39.5 Å². The maximum absolute atomic E-state index is 12.5. The SMILES string of the molecule is CNCc1cc(S(=O)(=O)NC(C)c2ccc(C)s2)c(C)o1. The van der Waals surface area contributed by atoms with Crippen LogP contribution in [0.1, 0.15) is 34.2 Å². The van der Waals surface area contributed by atoms with Gasteiger partial charge in [-0.05, 0) is 40.0 Å². The van der Waals surface area contributed by atoms with Crippen molar-refractivity contribution < 1.29 is 12.8 Å². The van der Waals surface area contributed by atoms with Crippen molar-refractivity contribution in [2.75, 3.05) is 7.05 Å². The molecule has 2 aromatic rings. The summed E-state index contributed by atoms with van der Waals surface area (Å²) in [6, 6.07) is 5.23. The van der Waals surface area contributed by atoms with Crippen LogP contribution in [0.2, 0.25) is 0 Å². The second-order valence-corrected chi connectivity index (χ2v) is 7.96. The zero-order valence-corrected chi connectivity index (χ0v) is 14.2. The highest BCUT2D eigenvalue weighted by atomic mass is 32.2. The van der Waals surface area contributed by atoms with Crippen LogP contribution in [0, 0.1) is 13.8 Å². The second-order valence-electron chi connectivity index (χ2n) is 4.95. The van der Waals surface area contributed by atoms with Gasteiger partial charge in [0.15, 0.2) is 0 Å². The highest BCUT2D eigenvalue weighted by Crippen LogP contribution is 2.26. The van der Waals surface area contributed by atoms with Crippen LogP contribution >= 0.6 is 11.3 Å². The van der Waals surface area contributed by atoms with Crippen LogP contribution in [-0.2, 0) is 16.6 Å². The first-order valence-electron chi connectivity index (χ1n) is 6.66. The van der Waals surface area contributed by atoms with Gasteiger partial charge in [-0.3, -0.25) is 0 Å². The number of nitrogens with one attached hydrogen (secondary N) is 2. The lowest BCUT2D eigenvalue weighted by atomic mass is 10.3. The first-order chi connectivity index (χ1) is 9.83. The number of thiophene rings is 1. The third-order valence-corrected chi connectivity index (χ3v) is 5.92. The van der Waals surface area contributed by atoms with E-state index in [9.17, 15) is 8.42 Å². The summed E-state index contributed by atoms with van der Waals surface area (Å²) in [4.78, 5) is 2.35. The van der Waals surface area contributed by atoms with E-state index < -0.39 is 10.0 Å². The van der Waals surface area contributed by atoms with Crippen molar-refractivity contribution in [1.29, 1.82) is 0 Å². The van der Waals surface area contributed by atoms with E-state index in [4.69, 9.17) is 4.42 Å². The lowest BCUT2D eigenvalue weighted by Gasteiger charge is -2.12. The lowest BCUT2D eigenvalue weighted by molar-refractivity contribution is 0.465. The Morgan fingerprint density at radius 3 is 2.62 bits per heavy atom. The fourth-order valence-electron chi connectivity index (χ4n) is 2.09. The summed E-state index contributed by atoms with van der Waals surface area (Å²) >= 11 is 1.59. The van der Waals surface area contributed by atoms with Crippen LogP contribution in [0.5, 0.6) is 0 Å². The fraction of sp³-hybridized carbons (Fsp3) is 0.429. The van der Waals surface area contributed by atoms with Crippen molar-refractivity contribution in [1.82, 2.24) is 10.0 Å². The van der Waals surface area contributed by atoms with Crippen LogP contribution in [0.25, 0.3) is 0 Å². The van der Waals surface area contributed by atoms with E-state index >= 15 is 0 Å². The van der Waals surface area contributed by atoms with Crippen molar-refractivity contribution in [3.63, 3.8) is 0 Å². The first-order valence-corrected chi connectivity index (χ1v) is 8.96. The Bertz CT molecular complexity index is 716. The van der Waals surface area contributed by atoms with Crippen LogP contribution in [0.3, 0.4) is 0 Å².